The fourth-order valence-electron chi connectivity index (χ4n) is 1.74. The highest BCUT2D eigenvalue weighted by molar-refractivity contribution is 9.09. The zero-order chi connectivity index (χ0) is 11.8. The van der Waals surface area contributed by atoms with E-state index in [1.54, 1.807) is 0 Å². The average Bonchev–Trinajstić information content (AvgIpc) is 2.31. The van der Waals surface area contributed by atoms with Crippen molar-refractivity contribution in [3.63, 3.8) is 0 Å². The van der Waals surface area contributed by atoms with Crippen molar-refractivity contribution in [3.05, 3.63) is 35.4 Å². The molecule has 1 nitrogen and oxygen atoms in total. The molecular formula is C14H21BrO. The standard InChI is InChI=1S/C14H21BrO/c1-3-4-7-10-16-14(11-15)13-9-6-5-8-12(13)2/h5-6,8-9,14H,3-4,7,10-11H2,1-2H3. The molecule has 1 aromatic rings. The smallest absolute Gasteiger partial charge is 0.0924 e. The Morgan fingerprint density at radius 2 is 2.00 bits per heavy atom. The van der Waals surface area contributed by atoms with E-state index in [4.69, 9.17) is 4.74 Å². The number of rotatable bonds is 7. The fourth-order valence-corrected chi connectivity index (χ4v) is 2.28. The van der Waals surface area contributed by atoms with Gasteiger partial charge < -0.3 is 4.74 Å². The van der Waals surface area contributed by atoms with E-state index in [0.717, 1.165) is 18.4 Å². The number of alkyl halides is 1. The first-order valence-corrected chi connectivity index (χ1v) is 7.14. The van der Waals surface area contributed by atoms with Crippen LogP contribution in [0, 0.1) is 6.92 Å². The number of hydrogen-bond donors (Lipinski definition) is 0. The summed E-state index contributed by atoms with van der Waals surface area (Å²) in [5.74, 6) is 0. The predicted molar refractivity (Wildman–Crippen MR) is 73.2 cm³/mol. The maximum Gasteiger partial charge on any atom is 0.0924 e. The summed E-state index contributed by atoms with van der Waals surface area (Å²) in [5, 5.41) is 0.865. The minimum atomic E-state index is 0.193. The van der Waals surface area contributed by atoms with E-state index in [2.05, 4.69) is 54.0 Å². The summed E-state index contributed by atoms with van der Waals surface area (Å²) in [6.45, 7) is 5.21. The summed E-state index contributed by atoms with van der Waals surface area (Å²) in [5.41, 5.74) is 2.61. The van der Waals surface area contributed by atoms with Gasteiger partial charge in [0.05, 0.1) is 6.10 Å². The van der Waals surface area contributed by atoms with E-state index in [1.807, 2.05) is 0 Å². The van der Waals surface area contributed by atoms with E-state index in [0.29, 0.717) is 0 Å². The van der Waals surface area contributed by atoms with Crippen LogP contribution in [0.5, 0.6) is 0 Å². The molecule has 0 N–H and O–H groups in total. The highest BCUT2D eigenvalue weighted by Crippen LogP contribution is 2.23. The van der Waals surface area contributed by atoms with Crippen LogP contribution in [0.1, 0.15) is 43.4 Å². The lowest BCUT2D eigenvalue weighted by Crippen LogP contribution is -2.08. The molecule has 0 bridgehead atoms. The Morgan fingerprint density at radius 1 is 1.25 bits per heavy atom. The Labute approximate surface area is 107 Å². The third-order valence-electron chi connectivity index (χ3n) is 2.74. The van der Waals surface area contributed by atoms with Crippen molar-refractivity contribution < 1.29 is 4.74 Å². The largest absolute Gasteiger partial charge is 0.373 e. The molecule has 0 heterocycles. The number of hydrogen-bond acceptors (Lipinski definition) is 1. The van der Waals surface area contributed by atoms with Crippen LogP contribution in [0.3, 0.4) is 0 Å². The zero-order valence-electron chi connectivity index (χ0n) is 10.2. The second-order valence-corrected chi connectivity index (χ2v) is 4.72. The molecule has 0 fully saturated rings. The minimum absolute atomic E-state index is 0.193. The van der Waals surface area contributed by atoms with Gasteiger partial charge in [-0.1, -0.05) is 60.0 Å². The highest BCUT2D eigenvalue weighted by atomic mass is 79.9. The second-order valence-electron chi connectivity index (χ2n) is 4.08. The van der Waals surface area contributed by atoms with Crippen LogP contribution in [0.2, 0.25) is 0 Å². The van der Waals surface area contributed by atoms with Gasteiger partial charge in [0, 0.05) is 11.9 Å². The van der Waals surface area contributed by atoms with Crippen LogP contribution in [0.4, 0.5) is 0 Å². The SMILES string of the molecule is CCCCCOC(CBr)c1ccccc1C. The Morgan fingerprint density at radius 3 is 2.62 bits per heavy atom. The summed E-state index contributed by atoms with van der Waals surface area (Å²) >= 11 is 3.53. The number of unbranched alkanes of at least 4 members (excludes halogenated alkanes) is 2. The summed E-state index contributed by atoms with van der Waals surface area (Å²) in [6, 6.07) is 8.44. The maximum atomic E-state index is 5.91. The van der Waals surface area contributed by atoms with Gasteiger partial charge >= 0.3 is 0 Å². The molecule has 0 saturated heterocycles. The number of halogens is 1. The van der Waals surface area contributed by atoms with Crippen molar-refractivity contribution in [1.82, 2.24) is 0 Å². The molecule has 1 atom stereocenters. The van der Waals surface area contributed by atoms with Crippen molar-refractivity contribution in [2.24, 2.45) is 0 Å². The number of ether oxygens (including phenoxy) is 1. The minimum Gasteiger partial charge on any atom is -0.373 e. The fraction of sp³-hybridized carbons (Fsp3) is 0.571. The molecule has 0 aliphatic rings. The van der Waals surface area contributed by atoms with Crippen molar-refractivity contribution in [2.75, 3.05) is 11.9 Å². The van der Waals surface area contributed by atoms with E-state index >= 15 is 0 Å². The van der Waals surface area contributed by atoms with E-state index in [9.17, 15) is 0 Å². The van der Waals surface area contributed by atoms with Gasteiger partial charge in [0.25, 0.3) is 0 Å². The van der Waals surface area contributed by atoms with Gasteiger partial charge in [-0.15, -0.1) is 0 Å². The van der Waals surface area contributed by atoms with Crippen molar-refractivity contribution in [3.8, 4) is 0 Å². The average molecular weight is 285 g/mol. The molecule has 1 rings (SSSR count). The van der Waals surface area contributed by atoms with Crippen molar-refractivity contribution in [1.29, 1.82) is 0 Å². The molecule has 0 aliphatic carbocycles. The lowest BCUT2D eigenvalue weighted by atomic mass is 10.0. The van der Waals surface area contributed by atoms with Gasteiger partial charge in [0.1, 0.15) is 0 Å². The highest BCUT2D eigenvalue weighted by Gasteiger charge is 2.11. The van der Waals surface area contributed by atoms with Gasteiger partial charge in [-0.2, -0.15) is 0 Å². The van der Waals surface area contributed by atoms with Crippen LogP contribution >= 0.6 is 15.9 Å². The Bertz CT molecular complexity index is 299. The third-order valence-corrected chi connectivity index (χ3v) is 3.33. The van der Waals surface area contributed by atoms with Gasteiger partial charge in [0.2, 0.25) is 0 Å². The molecule has 0 aliphatic heterocycles. The Kier molecular flexibility index (Phi) is 6.74. The Hall–Kier alpha value is -0.340. The lowest BCUT2D eigenvalue weighted by Gasteiger charge is -2.17. The van der Waals surface area contributed by atoms with E-state index in [-0.39, 0.29) is 6.10 Å². The van der Waals surface area contributed by atoms with Gasteiger partial charge in [0.15, 0.2) is 0 Å². The number of aryl methyl sites for hydroxylation is 1. The van der Waals surface area contributed by atoms with Crippen molar-refractivity contribution in [2.45, 2.75) is 39.2 Å². The first kappa shape index (κ1) is 13.7. The van der Waals surface area contributed by atoms with Crippen molar-refractivity contribution >= 4 is 15.9 Å². The van der Waals surface area contributed by atoms with Crippen LogP contribution in [0.15, 0.2) is 24.3 Å². The molecule has 0 radical (unpaired) electrons. The molecule has 1 unspecified atom stereocenters. The van der Waals surface area contributed by atoms with Crippen LogP contribution in [0.25, 0.3) is 0 Å². The molecule has 90 valence electrons. The number of benzene rings is 1. The first-order valence-electron chi connectivity index (χ1n) is 6.02. The molecule has 0 aromatic heterocycles. The van der Waals surface area contributed by atoms with E-state index in [1.165, 1.54) is 24.0 Å². The van der Waals surface area contributed by atoms with Crippen LogP contribution in [-0.4, -0.2) is 11.9 Å². The molecule has 0 saturated carbocycles. The van der Waals surface area contributed by atoms with Gasteiger partial charge in [-0.05, 0) is 24.5 Å². The molecular weight excluding hydrogens is 264 g/mol. The van der Waals surface area contributed by atoms with Crippen LogP contribution < -0.4 is 0 Å². The topological polar surface area (TPSA) is 9.23 Å². The predicted octanol–water partition coefficient (Wildman–Crippen LogP) is 4.64. The first-order chi connectivity index (χ1) is 7.79. The normalized spacial score (nSPS) is 12.7. The monoisotopic (exact) mass is 284 g/mol. The molecule has 2 heteroatoms. The Balaban J connectivity index is 2.51. The van der Waals surface area contributed by atoms with Gasteiger partial charge in [-0.25, -0.2) is 0 Å². The summed E-state index contributed by atoms with van der Waals surface area (Å²) in [7, 11) is 0. The molecule has 0 spiro atoms. The molecule has 16 heavy (non-hydrogen) atoms. The zero-order valence-corrected chi connectivity index (χ0v) is 11.8. The van der Waals surface area contributed by atoms with Crippen LogP contribution in [-0.2, 0) is 4.74 Å². The summed E-state index contributed by atoms with van der Waals surface area (Å²) in [4.78, 5) is 0. The van der Waals surface area contributed by atoms with Gasteiger partial charge in [-0.3, -0.25) is 0 Å². The molecule has 1 aromatic carbocycles. The summed E-state index contributed by atoms with van der Waals surface area (Å²) < 4.78 is 5.91. The maximum absolute atomic E-state index is 5.91. The second kappa shape index (κ2) is 7.86. The lowest BCUT2D eigenvalue weighted by molar-refractivity contribution is 0.0666. The third kappa shape index (κ3) is 4.26. The van der Waals surface area contributed by atoms with E-state index < -0.39 is 0 Å². The summed E-state index contributed by atoms with van der Waals surface area (Å²) in [6.07, 6.45) is 3.85. The molecule has 0 amide bonds. The quantitative estimate of drug-likeness (QED) is 0.524.